The van der Waals surface area contributed by atoms with Crippen molar-refractivity contribution in [1.29, 1.82) is 0 Å². The van der Waals surface area contributed by atoms with Crippen LogP contribution in [0.1, 0.15) is 20.8 Å². The van der Waals surface area contributed by atoms with E-state index in [1.165, 1.54) is 0 Å². The highest BCUT2D eigenvalue weighted by Gasteiger charge is 2.05. The average Bonchev–Trinajstić information content (AvgIpc) is 1.82. The van der Waals surface area contributed by atoms with Crippen molar-refractivity contribution in [3.63, 3.8) is 0 Å². The average molecular weight is 128 g/mol. The van der Waals surface area contributed by atoms with Crippen molar-refractivity contribution in [1.82, 2.24) is 0 Å². The van der Waals surface area contributed by atoms with Crippen molar-refractivity contribution in [3.8, 4) is 0 Å². The van der Waals surface area contributed by atoms with Crippen LogP contribution in [-0.4, -0.2) is 11.7 Å². The predicted molar refractivity (Wildman–Crippen MR) is 40.2 cm³/mol. The first kappa shape index (κ1) is 8.70. The Labute approximate surface area is 57.4 Å². The summed E-state index contributed by atoms with van der Waals surface area (Å²) in [4.78, 5) is 0. The molecule has 9 heavy (non-hydrogen) atoms. The van der Waals surface area contributed by atoms with Crippen LogP contribution in [-0.2, 0) is 0 Å². The van der Waals surface area contributed by atoms with E-state index in [-0.39, 0.29) is 6.61 Å². The lowest BCUT2D eigenvalue weighted by Crippen LogP contribution is -2.09. The Bertz CT molecular complexity index is 84.6. The number of hydrogen-bond donors (Lipinski definition) is 1. The smallest absolute Gasteiger partial charge is 0.0496 e. The molecule has 1 N–H and O–H groups in total. The lowest BCUT2D eigenvalue weighted by Gasteiger charge is -2.12. The Kier molecular flexibility index (Phi) is 4.41. The van der Waals surface area contributed by atoms with Gasteiger partial charge in [-0.3, -0.25) is 0 Å². The molecule has 0 saturated carbocycles. The van der Waals surface area contributed by atoms with Crippen molar-refractivity contribution >= 4 is 0 Å². The van der Waals surface area contributed by atoms with Crippen molar-refractivity contribution < 1.29 is 5.11 Å². The van der Waals surface area contributed by atoms with Gasteiger partial charge in [-0.2, -0.15) is 0 Å². The second-order valence-corrected chi connectivity index (χ2v) is 2.62. The summed E-state index contributed by atoms with van der Waals surface area (Å²) in [6, 6.07) is 0. The molecule has 0 aromatic carbocycles. The van der Waals surface area contributed by atoms with Crippen LogP contribution in [0.4, 0.5) is 0 Å². The molecule has 0 saturated heterocycles. The molecule has 0 aliphatic rings. The molecule has 1 atom stereocenters. The quantitative estimate of drug-likeness (QED) is 0.575. The summed E-state index contributed by atoms with van der Waals surface area (Å²) < 4.78 is 0. The van der Waals surface area contributed by atoms with E-state index in [9.17, 15) is 0 Å². The van der Waals surface area contributed by atoms with E-state index >= 15 is 0 Å². The molecular formula is C8H16O. The van der Waals surface area contributed by atoms with E-state index in [2.05, 4.69) is 13.8 Å². The molecular weight excluding hydrogens is 112 g/mol. The fourth-order valence-corrected chi connectivity index (χ4v) is 0.741. The van der Waals surface area contributed by atoms with Crippen LogP contribution in [0.5, 0.6) is 0 Å². The molecule has 0 rings (SSSR count). The molecule has 0 unspecified atom stereocenters. The maximum absolute atomic E-state index is 8.78. The third-order valence-electron chi connectivity index (χ3n) is 1.51. The van der Waals surface area contributed by atoms with Gasteiger partial charge in [0.1, 0.15) is 0 Å². The van der Waals surface area contributed by atoms with Crippen LogP contribution in [0, 0.1) is 11.8 Å². The minimum atomic E-state index is 0.266. The molecule has 1 heteroatoms. The molecule has 0 fully saturated rings. The van der Waals surface area contributed by atoms with Gasteiger partial charge in [0.05, 0.1) is 0 Å². The van der Waals surface area contributed by atoms with Crippen molar-refractivity contribution in [2.75, 3.05) is 6.61 Å². The highest BCUT2D eigenvalue weighted by atomic mass is 16.3. The molecule has 1 nitrogen and oxygen atoms in total. The zero-order valence-electron chi connectivity index (χ0n) is 6.46. The first-order valence-electron chi connectivity index (χ1n) is 3.46. The van der Waals surface area contributed by atoms with Gasteiger partial charge in [-0.05, 0) is 12.8 Å². The fourth-order valence-electron chi connectivity index (χ4n) is 0.741. The van der Waals surface area contributed by atoms with Crippen molar-refractivity contribution in [2.24, 2.45) is 11.8 Å². The topological polar surface area (TPSA) is 20.2 Å². The minimum Gasteiger partial charge on any atom is -0.396 e. The Morgan fingerprint density at radius 3 is 2.11 bits per heavy atom. The second kappa shape index (κ2) is 4.57. The summed E-state index contributed by atoms with van der Waals surface area (Å²) in [7, 11) is 0. The summed E-state index contributed by atoms with van der Waals surface area (Å²) in [5.74, 6) is 0.890. The van der Waals surface area contributed by atoms with E-state index in [4.69, 9.17) is 5.11 Å². The third-order valence-corrected chi connectivity index (χ3v) is 1.51. The largest absolute Gasteiger partial charge is 0.396 e. The molecule has 0 radical (unpaired) electrons. The van der Waals surface area contributed by atoms with E-state index in [0.717, 1.165) is 0 Å². The maximum atomic E-state index is 8.78. The monoisotopic (exact) mass is 128 g/mol. The van der Waals surface area contributed by atoms with Gasteiger partial charge in [0.2, 0.25) is 0 Å². The summed E-state index contributed by atoms with van der Waals surface area (Å²) in [6.45, 7) is 6.47. The van der Waals surface area contributed by atoms with Crippen LogP contribution < -0.4 is 0 Å². The molecule has 0 amide bonds. The predicted octanol–water partition coefficient (Wildman–Crippen LogP) is 1.83. The van der Waals surface area contributed by atoms with Crippen LogP contribution >= 0.6 is 0 Å². The molecule has 0 spiro atoms. The summed E-state index contributed by atoms with van der Waals surface area (Å²) in [5, 5.41) is 8.78. The van der Waals surface area contributed by atoms with Gasteiger partial charge in [0.15, 0.2) is 0 Å². The lowest BCUT2D eigenvalue weighted by molar-refractivity contribution is 0.221. The van der Waals surface area contributed by atoms with Gasteiger partial charge in [0, 0.05) is 12.5 Å². The summed E-state index contributed by atoms with van der Waals surface area (Å²) in [6.07, 6.45) is 4.03. The highest BCUT2D eigenvalue weighted by molar-refractivity contribution is 4.86. The van der Waals surface area contributed by atoms with E-state index in [1.807, 2.05) is 19.1 Å². The fraction of sp³-hybridized carbons (Fsp3) is 0.750. The lowest BCUT2D eigenvalue weighted by atomic mass is 9.97. The molecule has 0 aliphatic heterocycles. The van der Waals surface area contributed by atoms with E-state index < -0.39 is 0 Å². The van der Waals surface area contributed by atoms with Gasteiger partial charge in [-0.15, -0.1) is 0 Å². The first-order valence-corrected chi connectivity index (χ1v) is 3.46. The van der Waals surface area contributed by atoms with E-state index in [0.29, 0.717) is 11.8 Å². The highest BCUT2D eigenvalue weighted by Crippen LogP contribution is 2.10. The van der Waals surface area contributed by atoms with Crippen LogP contribution in [0.3, 0.4) is 0 Å². The molecule has 0 aromatic rings. The second-order valence-electron chi connectivity index (χ2n) is 2.62. The van der Waals surface area contributed by atoms with Crippen LogP contribution in [0.2, 0.25) is 0 Å². The molecule has 0 aliphatic carbocycles. The Morgan fingerprint density at radius 2 is 2.00 bits per heavy atom. The van der Waals surface area contributed by atoms with Gasteiger partial charge in [-0.1, -0.05) is 26.0 Å². The number of aliphatic hydroxyl groups excluding tert-OH is 1. The van der Waals surface area contributed by atoms with Gasteiger partial charge < -0.3 is 5.11 Å². The van der Waals surface area contributed by atoms with Crippen LogP contribution in [0.15, 0.2) is 12.2 Å². The van der Waals surface area contributed by atoms with Crippen LogP contribution in [0.25, 0.3) is 0 Å². The standard InChI is InChI=1S/C8H16O/c1-4-5-8(6-9)7(2)3/h4-5,7-9H,6H2,1-3H3/b5-4-/t8-/m1/s1. The molecule has 54 valence electrons. The first-order chi connectivity index (χ1) is 4.22. The van der Waals surface area contributed by atoms with Gasteiger partial charge >= 0.3 is 0 Å². The number of hydrogen-bond acceptors (Lipinski definition) is 1. The molecule has 0 aromatic heterocycles. The third kappa shape index (κ3) is 3.31. The Morgan fingerprint density at radius 1 is 1.44 bits per heavy atom. The van der Waals surface area contributed by atoms with Gasteiger partial charge in [0.25, 0.3) is 0 Å². The normalized spacial score (nSPS) is 15.2. The summed E-state index contributed by atoms with van der Waals surface area (Å²) in [5.41, 5.74) is 0. The maximum Gasteiger partial charge on any atom is 0.0496 e. The van der Waals surface area contributed by atoms with Gasteiger partial charge in [-0.25, -0.2) is 0 Å². The Hall–Kier alpha value is -0.300. The molecule has 0 bridgehead atoms. The van der Waals surface area contributed by atoms with Crippen molar-refractivity contribution in [2.45, 2.75) is 20.8 Å². The van der Waals surface area contributed by atoms with Crippen molar-refractivity contribution in [3.05, 3.63) is 12.2 Å². The van der Waals surface area contributed by atoms with E-state index in [1.54, 1.807) is 0 Å². The summed E-state index contributed by atoms with van der Waals surface area (Å²) >= 11 is 0. The minimum absolute atomic E-state index is 0.266. The Balaban J connectivity index is 3.68. The SMILES string of the molecule is C/C=C\[C@H](CO)C(C)C. The number of aliphatic hydroxyl groups is 1. The number of allylic oxidation sites excluding steroid dienone is 1. The zero-order chi connectivity index (χ0) is 7.28. The number of rotatable bonds is 3. The molecule has 0 heterocycles. The zero-order valence-corrected chi connectivity index (χ0v) is 6.46.